The number of ketones is 1. The Morgan fingerprint density at radius 3 is 2.78 bits per heavy atom. The van der Waals surface area contributed by atoms with Gasteiger partial charge in [-0.25, -0.2) is 4.98 Å². The van der Waals surface area contributed by atoms with E-state index in [0.717, 1.165) is 5.69 Å². The van der Waals surface area contributed by atoms with Crippen LogP contribution in [0.3, 0.4) is 0 Å². The molecule has 0 radical (unpaired) electrons. The Morgan fingerprint density at radius 1 is 1.61 bits per heavy atom. The zero-order chi connectivity index (χ0) is 13.3. The predicted molar refractivity (Wildman–Crippen MR) is 70.7 cm³/mol. The molecule has 0 amide bonds. The van der Waals surface area contributed by atoms with Crippen molar-refractivity contribution >= 4 is 33.0 Å². The average molecular weight is 325 g/mol. The van der Waals surface area contributed by atoms with Crippen molar-refractivity contribution in [2.45, 2.75) is 19.8 Å². The summed E-state index contributed by atoms with van der Waals surface area (Å²) < 4.78 is 5.76. The van der Waals surface area contributed by atoms with E-state index in [0.29, 0.717) is 15.2 Å². The normalized spacial score (nSPS) is 12.1. The third-order valence-corrected chi connectivity index (χ3v) is 3.80. The quantitative estimate of drug-likeness (QED) is 0.809. The van der Waals surface area contributed by atoms with Gasteiger partial charge in [0.25, 0.3) is 0 Å². The van der Waals surface area contributed by atoms with Crippen LogP contribution >= 0.6 is 27.3 Å². The summed E-state index contributed by atoms with van der Waals surface area (Å²) in [6.07, 6.45) is 0. The molecule has 6 heteroatoms. The lowest BCUT2D eigenvalue weighted by Crippen LogP contribution is -2.11. The maximum Gasteiger partial charge on any atom is 0.222 e. The predicted octanol–water partition coefficient (Wildman–Crippen LogP) is 3.61. The molecule has 0 fully saturated rings. The zero-order valence-corrected chi connectivity index (χ0v) is 12.1. The smallest absolute Gasteiger partial charge is 0.222 e. The van der Waals surface area contributed by atoms with Crippen LogP contribution in [0.1, 0.15) is 32.7 Å². The minimum atomic E-state index is -0.902. The first kappa shape index (κ1) is 13.0. The molecule has 1 atom stereocenters. The molecule has 0 saturated heterocycles. The van der Waals surface area contributed by atoms with Gasteiger partial charge >= 0.3 is 0 Å². The molecule has 0 aliphatic rings. The van der Waals surface area contributed by atoms with Crippen LogP contribution in [-0.2, 0) is 0 Å². The molecule has 0 spiro atoms. The summed E-state index contributed by atoms with van der Waals surface area (Å²) in [6, 6.07) is 3.69. The van der Waals surface area contributed by atoms with E-state index in [4.69, 9.17) is 9.68 Å². The summed E-state index contributed by atoms with van der Waals surface area (Å²) in [5.74, 6) is -1.04. The van der Waals surface area contributed by atoms with Crippen molar-refractivity contribution in [1.82, 2.24) is 4.98 Å². The molecule has 0 aromatic carbocycles. The van der Waals surface area contributed by atoms with Gasteiger partial charge in [0.1, 0.15) is 5.01 Å². The van der Waals surface area contributed by atoms with Gasteiger partial charge in [0.05, 0.1) is 6.07 Å². The number of hydrogen-bond donors (Lipinski definition) is 0. The third-order valence-electron chi connectivity index (χ3n) is 2.39. The first-order chi connectivity index (χ1) is 8.52. The summed E-state index contributed by atoms with van der Waals surface area (Å²) in [4.78, 5) is 16.4. The number of thiazole rings is 1. The van der Waals surface area contributed by atoms with Gasteiger partial charge in [0, 0.05) is 11.1 Å². The summed E-state index contributed by atoms with van der Waals surface area (Å²) in [7, 11) is 0. The van der Waals surface area contributed by atoms with Crippen LogP contribution in [0, 0.1) is 25.2 Å². The van der Waals surface area contributed by atoms with E-state index >= 15 is 0 Å². The summed E-state index contributed by atoms with van der Waals surface area (Å²) in [5, 5.41) is 11.5. The number of carbonyl (C=O) groups excluding carboxylic acids is 1. The van der Waals surface area contributed by atoms with Gasteiger partial charge in [-0.1, -0.05) is 0 Å². The van der Waals surface area contributed by atoms with E-state index in [1.807, 2.05) is 18.4 Å². The topological polar surface area (TPSA) is 66.9 Å². The number of Topliss-reactive ketones (excluding diaryl/α,β-unsaturated/α-hetero) is 1. The van der Waals surface area contributed by atoms with Gasteiger partial charge in [-0.15, -0.1) is 11.3 Å². The fraction of sp³-hybridized carbons (Fsp3) is 0.250. The van der Waals surface area contributed by atoms with E-state index in [-0.39, 0.29) is 11.5 Å². The van der Waals surface area contributed by atoms with Gasteiger partial charge in [0.2, 0.25) is 5.78 Å². The molecule has 0 N–H and O–H groups in total. The molecule has 0 aliphatic heterocycles. The lowest BCUT2D eigenvalue weighted by atomic mass is 10.0. The highest BCUT2D eigenvalue weighted by Gasteiger charge is 2.28. The Kier molecular flexibility index (Phi) is 3.64. The molecule has 92 valence electrons. The lowest BCUT2D eigenvalue weighted by molar-refractivity contribution is 0.0949. The Labute approximate surface area is 116 Å². The molecular weight excluding hydrogens is 316 g/mol. The van der Waals surface area contributed by atoms with Crippen LogP contribution in [0.25, 0.3) is 0 Å². The molecule has 18 heavy (non-hydrogen) atoms. The Bertz CT molecular complexity index is 639. The van der Waals surface area contributed by atoms with Crippen LogP contribution in [0.5, 0.6) is 0 Å². The minimum absolute atomic E-state index is 0.210. The minimum Gasteiger partial charge on any atom is -0.446 e. The number of carbonyl (C=O) groups is 1. The molecule has 4 nitrogen and oxygen atoms in total. The average Bonchev–Trinajstić information content (AvgIpc) is 2.86. The molecule has 2 heterocycles. The van der Waals surface area contributed by atoms with Gasteiger partial charge in [-0.05, 0) is 41.4 Å². The largest absolute Gasteiger partial charge is 0.446 e. The van der Waals surface area contributed by atoms with Gasteiger partial charge in [-0.2, -0.15) is 5.26 Å². The van der Waals surface area contributed by atoms with Crippen molar-refractivity contribution in [3.8, 4) is 6.07 Å². The van der Waals surface area contributed by atoms with Crippen molar-refractivity contribution in [1.29, 1.82) is 5.26 Å². The van der Waals surface area contributed by atoms with E-state index < -0.39 is 5.92 Å². The number of rotatable bonds is 3. The number of furan rings is 1. The molecule has 2 aromatic heterocycles. The highest BCUT2D eigenvalue weighted by atomic mass is 79.9. The second kappa shape index (κ2) is 5.04. The highest BCUT2D eigenvalue weighted by molar-refractivity contribution is 9.10. The SMILES string of the molecule is Cc1csc([C@H](C#N)C(=O)c2oc(Br)cc2C)n1. The molecule has 0 bridgehead atoms. The fourth-order valence-corrected chi connectivity index (χ4v) is 2.89. The lowest BCUT2D eigenvalue weighted by Gasteiger charge is -2.03. The van der Waals surface area contributed by atoms with Crippen LogP contribution in [-0.4, -0.2) is 10.8 Å². The highest BCUT2D eigenvalue weighted by Crippen LogP contribution is 2.28. The van der Waals surface area contributed by atoms with Crippen molar-refractivity contribution in [3.63, 3.8) is 0 Å². The maximum absolute atomic E-state index is 12.2. The fourth-order valence-electron chi connectivity index (χ4n) is 1.55. The number of hydrogen-bond acceptors (Lipinski definition) is 5. The number of nitrogens with zero attached hydrogens (tertiary/aromatic N) is 2. The van der Waals surface area contributed by atoms with Crippen molar-refractivity contribution in [2.24, 2.45) is 0 Å². The van der Waals surface area contributed by atoms with Crippen LogP contribution in [0.2, 0.25) is 0 Å². The van der Waals surface area contributed by atoms with Gasteiger partial charge < -0.3 is 4.42 Å². The van der Waals surface area contributed by atoms with Crippen LogP contribution in [0.4, 0.5) is 0 Å². The summed E-state index contributed by atoms with van der Waals surface area (Å²) in [5.41, 5.74) is 1.51. The van der Waals surface area contributed by atoms with E-state index in [2.05, 4.69) is 20.9 Å². The van der Waals surface area contributed by atoms with Crippen molar-refractivity contribution in [2.75, 3.05) is 0 Å². The third kappa shape index (κ3) is 2.37. The van der Waals surface area contributed by atoms with E-state index in [9.17, 15) is 4.79 Å². The second-order valence-electron chi connectivity index (χ2n) is 3.82. The number of aromatic nitrogens is 1. The zero-order valence-electron chi connectivity index (χ0n) is 9.73. The molecule has 0 saturated carbocycles. The Balaban J connectivity index is 2.38. The standard InChI is InChI=1S/C12H9BrN2O2S/c1-6-3-9(13)17-11(6)10(16)8(4-14)12-15-7(2)5-18-12/h3,5,8H,1-2H3/t8-/m1/s1. The van der Waals surface area contributed by atoms with E-state index in [1.54, 1.807) is 13.0 Å². The van der Waals surface area contributed by atoms with Gasteiger partial charge in [0.15, 0.2) is 16.3 Å². The van der Waals surface area contributed by atoms with Crippen LogP contribution in [0.15, 0.2) is 20.5 Å². The molecule has 2 aromatic rings. The molecule has 2 rings (SSSR count). The second-order valence-corrected chi connectivity index (χ2v) is 5.49. The van der Waals surface area contributed by atoms with E-state index in [1.165, 1.54) is 11.3 Å². The Hall–Kier alpha value is -1.45. The molecule has 0 unspecified atom stereocenters. The number of nitriles is 1. The van der Waals surface area contributed by atoms with Gasteiger partial charge in [-0.3, -0.25) is 4.79 Å². The molecular formula is C12H9BrN2O2S. The van der Waals surface area contributed by atoms with Crippen molar-refractivity contribution < 1.29 is 9.21 Å². The first-order valence-electron chi connectivity index (χ1n) is 5.14. The first-order valence-corrected chi connectivity index (χ1v) is 6.82. The molecule has 0 aliphatic carbocycles. The van der Waals surface area contributed by atoms with Crippen molar-refractivity contribution in [3.05, 3.63) is 38.1 Å². The monoisotopic (exact) mass is 324 g/mol. The Morgan fingerprint density at radius 2 is 2.33 bits per heavy atom. The summed E-state index contributed by atoms with van der Waals surface area (Å²) in [6.45, 7) is 3.59. The number of aryl methyl sites for hydroxylation is 2. The van der Waals surface area contributed by atoms with Crippen LogP contribution < -0.4 is 0 Å². The summed E-state index contributed by atoms with van der Waals surface area (Å²) >= 11 is 4.48. The number of halogens is 1. The maximum atomic E-state index is 12.2.